The number of fused-ring (bicyclic) bond motifs is 2. The highest BCUT2D eigenvalue weighted by atomic mass is 16.5. The van der Waals surface area contributed by atoms with E-state index in [1.165, 1.54) is 6.42 Å². The number of hydrogen-bond donors (Lipinski definition) is 2. The zero-order valence-electron chi connectivity index (χ0n) is 19.8. The highest BCUT2D eigenvalue weighted by Gasteiger charge is 2.35. The van der Waals surface area contributed by atoms with Crippen molar-refractivity contribution >= 4 is 0 Å². The van der Waals surface area contributed by atoms with Crippen LogP contribution in [-0.4, -0.2) is 84.7 Å². The molecule has 35 heavy (non-hydrogen) atoms. The first-order valence-corrected chi connectivity index (χ1v) is 12.1. The first-order chi connectivity index (χ1) is 17.0. The van der Waals surface area contributed by atoms with Gasteiger partial charge in [0.25, 0.3) is 0 Å². The second-order valence-corrected chi connectivity index (χ2v) is 9.61. The van der Waals surface area contributed by atoms with E-state index in [0.29, 0.717) is 47.6 Å². The predicted molar refractivity (Wildman–Crippen MR) is 130 cm³/mol. The minimum Gasteiger partial charge on any atom is -0.491 e. The topological polar surface area (TPSA) is 113 Å². The van der Waals surface area contributed by atoms with Gasteiger partial charge in [-0.1, -0.05) is 0 Å². The van der Waals surface area contributed by atoms with E-state index in [-0.39, 0.29) is 13.2 Å². The van der Waals surface area contributed by atoms with Gasteiger partial charge >= 0.3 is 0 Å². The smallest absolute Gasteiger partial charge is 0.119 e. The first-order valence-electron chi connectivity index (χ1n) is 12.1. The number of ether oxygens (including phenoxy) is 2. The van der Waals surface area contributed by atoms with Gasteiger partial charge in [0, 0.05) is 39.3 Å². The van der Waals surface area contributed by atoms with Crippen LogP contribution in [0.25, 0.3) is 0 Å². The number of nitrogens with zero attached hydrogens (tertiary/aromatic N) is 4. The predicted octanol–water partition coefficient (Wildman–Crippen LogP) is 1.86. The van der Waals surface area contributed by atoms with E-state index in [1.54, 1.807) is 48.5 Å². The highest BCUT2D eigenvalue weighted by Crippen LogP contribution is 2.29. The Bertz CT molecular complexity index is 936. The Morgan fingerprint density at radius 3 is 1.43 bits per heavy atom. The van der Waals surface area contributed by atoms with Crippen LogP contribution in [0.5, 0.6) is 11.5 Å². The van der Waals surface area contributed by atoms with E-state index in [1.807, 2.05) is 0 Å². The third kappa shape index (κ3) is 7.42. The molecular formula is C27H32N4O4. The number of rotatable bonds is 10. The van der Waals surface area contributed by atoms with E-state index >= 15 is 0 Å². The summed E-state index contributed by atoms with van der Waals surface area (Å²) in [5.41, 5.74) is 1.16. The molecule has 0 aromatic heterocycles. The second kappa shape index (κ2) is 12.0. The van der Waals surface area contributed by atoms with Gasteiger partial charge in [-0.15, -0.1) is 0 Å². The molecule has 184 valence electrons. The van der Waals surface area contributed by atoms with Crippen molar-refractivity contribution in [3.63, 3.8) is 0 Å². The molecule has 2 aromatic carbocycles. The number of β-amino-alcohol motifs (C(OH)–C–C–N with tert-alkyl or cyclic N) is 2. The maximum Gasteiger partial charge on any atom is 0.119 e. The number of benzene rings is 2. The fourth-order valence-electron chi connectivity index (χ4n) is 5.13. The fourth-order valence-corrected chi connectivity index (χ4v) is 5.13. The first kappa shape index (κ1) is 25.0. The molecule has 0 saturated carbocycles. The van der Waals surface area contributed by atoms with Crippen LogP contribution in [0.2, 0.25) is 0 Å². The molecule has 2 aliphatic rings. The molecule has 2 aliphatic heterocycles. The summed E-state index contributed by atoms with van der Waals surface area (Å²) in [5.74, 6) is 2.33. The fraction of sp³-hybridized carbons (Fsp3) is 0.481. The molecule has 0 spiro atoms. The van der Waals surface area contributed by atoms with Gasteiger partial charge in [0.1, 0.15) is 36.9 Å². The zero-order valence-corrected chi connectivity index (χ0v) is 19.8. The molecule has 2 bridgehead atoms. The van der Waals surface area contributed by atoms with Crippen LogP contribution in [0.15, 0.2) is 48.5 Å². The van der Waals surface area contributed by atoms with Crippen LogP contribution in [-0.2, 0) is 0 Å². The van der Waals surface area contributed by atoms with Crippen LogP contribution in [0.4, 0.5) is 0 Å². The Morgan fingerprint density at radius 2 is 1.09 bits per heavy atom. The summed E-state index contributed by atoms with van der Waals surface area (Å²) in [7, 11) is 0. The second-order valence-electron chi connectivity index (χ2n) is 9.61. The molecule has 2 heterocycles. The van der Waals surface area contributed by atoms with Gasteiger partial charge in [0.2, 0.25) is 0 Å². The number of aliphatic hydroxyl groups excluding tert-OH is 2. The minimum atomic E-state index is -0.582. The van der Waals surface area contributed by atoms with Crippen molar-refractivity contribution in [2.75, 3.05) is 52.5 Å². The Kier molecular flexibility index (Phi) is 8.57. The average molecular weight is 477 g/mol. The molecule has 2 atom stereocenters. The van der Waals surface area contributed by atoms with Crippen molar-refractivity contribution in [3.05, 3.63) is 59.7 Å². The summed E-state index contributed by atoms with van der Waals surface area (Å²) in [6.45, 7) is 5.30. The molecule has 8 heteroatoms. The number of aliphatic hydroxyl groups is 2. The number of likely N-dealkylation sites (tertiary alicyclic amines) is 2. The molecule has 2 saturated heterocycles. The van der Waals surface area contributed by atoms with E-state index < -0.39 is 12.2 Å². The molecule has 0 amide bonds. The third-order valence-electron chi connectivity index (χ3n) is 6.52. The van der Waals surface area contributed by atoms with Gasteiger partial charge in [-0.05, 0) is 66.8 Å². The van der Waals surface area contributed by atoms with Crippen molar-refractivity contribution in [1.82, 2.24) is 9.80 Å². The van der Waals surface area contributed by atoms with Crippen molar-refractivity contribution in [3.8, 4) is 23.6 Å². The SMILES string of the molecule is N#Cc1ccc(OC[C@@H](O)CN2CC3CC(C2)CN(C[C@H](O)COc2ccc(C#N)cc2)C3)cc1. The van der Waals surface area contributed by atoms with Crippen LogP contribution in [0, 0.1) is 34.5 Å². The summed E-state index contributed by atoms with van der Waals surface area (Å²) < 4.78 is 11.4. The summed E-state index contributed by atoms with van der Waals surface area (Å²) in [6, 6.07) is 18.0. The molecule has 2 fully saturated rings. The lowest BCUT2D eigenvalue weighted by Gasteiger charge is -2.46. The highest BCUT2D eigenvalue weighted by molar-refractivity contribution is 5.35. The van der Waals surface area contributed by atoms with Gasteiger partial charge in [0.05, 0.1) is 23.3 Å². The van der Waals surface area contributed by atoms with Gasteiger partial charge in [-0.25, -0.2) is 0 Å². The number of piperidine rings is 2. The number of hydrogen-bond acceptors (Lipinski definition) is 8. The maximum atomic E-state index is 10.5. The van der Waals surface area contributed by atoms with Crippen molar-refractivity contribution < 1.29 is 19.7 Å². The van der Waals surface area contributed by atoms with Gasteiger partial charge in [-0.3, -0.25) is 9.80 Å². The average Bonchev–Trinajstić information content (AvgIpc) is 2.86. The third-order valence-corrected chi connectivity index (χ3v) is 6.52. The largest absolute Gasteiger partial charge is 0.491 e. The minimum absolute atomic E-state index is 0.218. The Hall–Kier alpha value is -3.14. The maximum absolute atomic E-state index is 10.5. The van der Waals surface area contributed by atoms with Gasteiger partial charge in [0.15, 0.2) is 0 Å². The van der Waals surface area contributed by atoms with Crippen LogP contribution in [0.3, 0.4) is 0 Å². The Balaban J connectivity index is 1.16. The van der Waals surface area contributed by atoms with E-state index in [0.717, 1.165) is 26.2 Å². The van der Waals surface area contributed by atoms with E-state index in [4.69, 9.17) is 20.0 Å². The summed E-state index contributed by atoms with van der Waals surface area (Å²) >= 11 is 0. The molecule has 2 N–H and O–H groups in total. The Morgan fingerprint density at radius 1 is 0.714 bits per heavy atom. The summed E-state index contributed by atoms with van der Waals surface area (Å²) in [4.78, 5) is 4.65. The zero-order chi connectivity index (χ0) is 24.6. The van der Waals surface area contributed by atoms with Crippen molar-refractivity contribution in [2.24, 2.45) is 11.8 Å². The van der Waals surface area contributed by atoms with Crippen LogP contribution < -0.4 is 9.47 Å². The van der Waals surface area contributed by atoms with Crippen LogP contribution in [0.1, 0.15) is 17.5 Å². The molecule has 8 nitrogen and oxygen atoms in total. The lowest BCUT2D eigenvalue weighted by atomic mass is 9.84. The monoisotopic (exact) mass is 476 g/mol. The van der Waals surface area contributed by atoms with Gasteiger partial charge < -0.3 is 19.7 Å². The van der Waals surface area contributed by atoms with E-state index in [2.05, 4.69) is 21.9 Å². The number of nitriles is 2. The van der Waals surface area contributed by atoms with E-state index in [9.17, 15) is 10.2 Å². The quantitative estimate of drug-likeness (QED) is 0.534. The molecule has 0 unspecified atom stereocenters. The van der Waals surface area contributed by atoms with Gasteiger partial charge in [-0.2, -0.15) is 10.5 Å². The van der Waals surface area contributed by atoms with Crippen molar-refractivity contribution in [2.45, 2.75) is 18.6 Å². The molecular weight excluding hydrogens is 444 g/mol. The van der Waals surface area contributed by atoms with Crippen molar-refractivity contribution in [1.29, 1.82) is 10.5 Å². The lowest BCUT2D eigenvalue weighted by Crippen LogP contribution is -2.55. The molecule has 0 aliphatic carbocycles. The standard InChI is InChI=1S/C27H32N4O4/c28-10-20-1-5-26(6-2-20)34-18-24(32)16-30-12-22-9-23(13-30)15-31(14-22)17-25(33)19-35-27-7-3-21(11-29)4-8-27/h1-8,22-25,32-33H,9,12-19H2/t22?,23?,24-,25-/m0/s1. The normalized spacial score (nSPS) is 21.9. The Labute approximate surface area is 206 Å². The van der Waals surface area contributed by atoms with Crippen LogP contribution >= 0.6 is 0 Å². The molecule has 4 rings (SSSR count). The lowest BCUT2D eigenvalue weighted by molar-refractivity contribution is -0.0163. The summed E-state index contributed by atoms with van der Waals surface area (Å²) in [6.07, 6.45) is 0.0198. The molecule has 2 aromatic rings. The molecule has 0 radical (unpaired) electrons. The summed E-state index contributed by atoms with van der Waals surface area (Å²) in [5, 5.41) is 38.7.